The molecule has 0 aliphatic carbocycles. The molecule has 3 aromatic rings. The highest BCUT2D eigenvalue weighted by molar-refractivity contribution is 5.89. The Balaban J connectivity index is 2.26. The lowest BCUT2D eigenvalue weighted by molar-refractivity contribution is 0.413. The zero-order chi connectivity index (χ0) is 15.5. The zero-order valence-corrected chi connectivity index (χ0v) is 12.8. The highest BCUT2D eigenvalue weighted by atomic mass is 16.5. The normalized spacial score (nSPS) is 10.5. The van der Waals surface area contributed by atoms with Crippen molar-refractivity contribution in [3.8, 4) is 28.5 Å². The van der Waals surface area contributed by atoms with Crippen molar-refractivity contribution < 1.29 is 14.2 Å². The van der Waals surface area contributed by atoms with Crippen molar-refractivity contribution in [3.63, 3.8) is 0 Å². The number of pyridine rings is 1. The van der Waals surface area contributed by atoms with Gasteiger partial charge in [0.2, 0.25) is 0 Å². The average Bonchev–Trinajstić information content (AvgIpc) is 2.60. The van der Waals surface area contributed by atoms with E-state index in [9.17, 15) is 0 Å². The fourth-order valence-electron chi connectivity index (χ4n) is 2.47. The Morgan fingerprint density at radius 3 is 2.27 bits per heavy atom. The highest BCUT2D eigenvalue weighted by Gasteiger charge is 2.12. The average molecular weight is 295 g/mol. The molecule has 0 aliphatic heterocycles. The largest absolute Gasteiger partial charge is 0.497 e. The third-order valence-electron chi connectivity index (χ3n) is 3.58. The Labute approximate surface area is 129 Å². The van der Waals surface area contributed by atoms with E-state index >= 15 is 0 Å². The molecule has 1 heterocycles. The van der Waals surface area contributed by atoms with Crippen LogP contribution in [0.1, 0.15) is 0 Å². The van der Waals surface area contributed by atoms with Crippen LogP contribution in [0.2, 0.25) is 0 Å². The number of hydrogen-bond acceptors (Lipinski definition) is 4. The lowest BCUT2D eigenvalue weighted by Gasteiger charge is -2.12. The van der Waals surface area contributed by atoms with Crippen LogP contribution in [-0.4, -0.2) is 26.3 Å². The Bertz CT molecular complexity index is 815. The van der Waals surface area contributed by atoms with Crippen molar-refractivity contribution in [2.24, 2.45) is 0 Å². The van der Waals surface area contributed by atoms with Crippen LogP contribution < -0.4 is 14.2 Å². The molecular formula is C18H17NO3. The van der Waals surface area contributed by atoms with Crippen molar-refractivity contribution in [2.75, 3.05) is 21.3 Å². The second-order valence-electron chi connectivity index (χ2n) is 4.79. The molecule has 0 atom stereocenters. The lowest BCUT2D eigenvalue weighted by Crippen LogP contribution is -1.94. The first-order valence-electron chi connectivity index (χ1n) is 6.93. The molecule has 2 aromatic carbocycles. The molecule has 0 fully saturated rings. The van der Waals surface area contributed by atoms with Crippen LogP contribution in [0.4, 0.5) is 0 Å². The minimum atomic E-state index is 0.763. The summed E-state index contributed by atoms with van der Waals surface area (Å²) in [7, 11) is 4.95. The molecule has 0 spiro atoms. The van der Waals surface area contributed by atoms with Gasteiger partial charge in [0.15, 0.2) is 0 Å². The molecule has 0 saturated carbocycles. The topological polar surface area (TPSA) is 40.6 Å². The molecule has 0 amide bonds. The van der Waals surface area contributed by atoms with Gasteiger partial charge in [0.25, 0.3) is 0 Å². The zero-order valence-electron chi connectivity index (χ0n) is 12.8. The Hall–Kier alpha value is -2.75. The molecule has 22 heavy (non-hydrogen) atoms. The second kappa shape index (κ2) is 5.93. The maximum Gasteiger partial charge on any atom is 0.130 e. The Kier molecular flexibility index (Phi) is 3.83. The van der Waals surface area contributed by atoms with E-state index < -0.39 is 0 Å². The van der Waals surface area contributed by atoms with Gasteiger partial charge in [-0.05, 0) is 24.3 Å². The molecule has 0 radical (unpaired) electrons. The van der Waals surface area contributed by atoms with Crippen LogP contribution in [0, 0.1) is 0 Å². The van der Waals surface area contributed by atoms with Crippen molar-refractivity contribution in [1.29, 1.82) is 0 Å². The second-order valence-corrected chi connectivity index (χ2v) is 4.79. The number of hydrogen-bond donors (Lipinski definition) is 0. The fraction of sp³-hybridized carbons (Fsp3) is 0.167. The number of ether oxygens (including phenoxy) is 3. The summed E-state index contributed by atoms with van der Waals surface area (Å²) in [5, 5.41) is 0.946. The predicted molar refractivity (Wildman–Crippen MR) is 86.8 cm³/mol. The molecule has 0 aliphatic rings. The van der Waals surface area contributed by atoms with E-state index in [1.54, 1.807) is 21.3 Å². The van der Waals surface area contributed by atoms with Gasteiger partial charge < -0.3 is 14.2 Å². The van der Waals surface area contributed by atoms with E-state index in [2.05, 4.69) is 0 Å². The summed E-state index contributed by atoms with van der Waals surface area (Å²) in [5.41, 5.74) is 2.54. The van der Waals surface area contributed by atoms with Crippen LogP contribution in [0.15, 0.2) is 48.5 Å². The number of benzene rings is 2. The van der Waals surface area contributed by atoms with E-state index in [4.69, 9.17) is 19.2 Å². The number of nitrogens with zero attached hydrogens (tertiary/aromatic N) is 1. The monoisotopic (exact) mass is 295 g/mol. The molecule has 4 heteroatoms. The van der Waals surface area contributed by atoms with Gasteiger partial charge in [-0.1, -0.05) is 12.1 Å². The minimum absolute atomic E-state index is 0.763. The van der Waals surface area contributed by atoms with Gasteiger partial charge in [-0.3, -0.25) is 0 Å². The third kappa shape index (κ3) is 2.44. The number of rotatable bonds is 4. The first-order valence-corrected chi connectivity index (χ1v) is 6.93. The van der Waals surface area contributed by atoms with Crippen molar-refractivity contribution in [3.05, 3.63) is 48.5 Å². The van der Waals surface area contributed by atoms with E-state index in [1.807, 2.05) is 48.5 Å². The number of para-hydroxylation sites is 1. The number of aromatic nitrogens is 1. The Morgan fingerprint density at radius 2 is 1.55 bits per heavy atom. The van der Waals surface area contributed by atoms with Gasteiger partial charge in [-0.15, -0.1) is 0 Å². The van der Waals surface area contributed by atoms with Crippen LogP contribution in [-0.2, 0) is 0 Å². The van der Waals surface area contributed by atoms with E-state index in [-0.39, 0.29) is 0 Å². The summed E-state index contributed by atoms with van der Waals surface area (Å²) in [6, 6.07) is 15.5. The van der Waals surface area contributed by atoms with Crippen LogP contribution in [0.25, 0.3) is 22.2 Å². The third-order valence-corrected chi connectivity index (χ3v) is 3.58. The smallest absolute Gasteiger partial charge is 0.130 e. The molecule has 0 bridgehead atoms. The van der Waals surface area contributed by atoms with E-state index in [0.717, 1.165) is 39.4 Å². The summed E-state index contributed by atoms with van der Waals surface area (Å²) < 4.78 is 16.2. The summed E-state index contributed by atoms with van der Waals surface area (Å²) in [4.78, 5) is 4.73. The highest BCUT2D eigenvalue weighted by Crippen LogP contribution is 2.35. The van der Waals surface area contributed by atoms with E-state index in [0.29, 0.717) is 0 Å². The van der Waals surface area contributed by atoms with Crippen molar-refractivity contribution in [1.82, 2.24) is 4.98 Å². The van der Waals surface area contributed by atoms with Crippen LogP contribution >= 0.6 is 0 Å². The summed E-state index contributed by atoms with van der Waals surface area (Å²) in [6.45, 7) is 0. The first kappa shape index (κ1) is 14.2. The van der Waals surface area contributed by atoms with E-state index in [1.165, 1.54) is 0 Å². The van der Waals surface area contributed by atoms with Gasteiger partial charge in [-0.2, -0.15) is 0 Å². The van der Waals surface area contributed by atoms with Gasteiger partial charge in [-0.25, -0.2) is 4.98 Å². The summed E-state index contributed by atoms with van der Waals surface area (Å²) >= 11 is 0. The fourth-order valence-corrected chi connectivity index (χ4v) is 2.47. The molecule has 0 saturated heterocycles. The van der Waals surface area contributed by atoms with Gasteiger partial charge in [0.05, 0.1) is 32.5 Å². The van der Waals surface area contributed by atoms with Gasteiger partial charge >= 0.3 is 0 Å². The molecule has 0 unspecified atom stereocenters. The van der Waals surface area contributed by atoms with Gasteiger partial charge in [0.1, 0.15) is 17.2 Å². The van der Waals surface area contributed by atoms with Crippen molar-refractivity contribution >= 4 is 10.9 Å². The summed E-state index contributed by atoms with van der Waals surface area (Å²) in [6.07, 6.45) is 0. The maximum atomic E-state index is 5.52. The molecule has 112 valence electrons. The predicted octanol–water partition coefficient (Wildman–Crippen LogP) is 3.93. The van der Waals surface area contributed by atoms with Crippen molar-refractivity contribution in [2.45, 2.75) is 0 Å². The van der Waals surface area contributed by atoms with Crippen LogP contribution in [0.5, 0.6) is 17.2 Å². The quantitative estimate of drug-likeness (QED) is 0.731. The standard InChI is InChI=1S/C18H17NO3/c1-20-12-8-9-14-15(10-12)19-16(11-18(14)22-3)13-6-4-5-7-17(13)21-2/h4-11H,1-3H3. The molecule has 3 rings (SSSR count). The molecule has 1 aromatic heterocycles. The number of methoxy groups -OCH3 is 3. The maximum absolute atomic E-state index is 5.52. The summed E-state index contributed by atoms with van der Waals surface area (Å²) in [5.74, 6) is 2.31. The molecule has 0 N–H and O–H groups in total. The van der Waals surface area contributed by atoms with Gasteiger partial charge in [0, 0.05) is 23.1 Å². The lowest BCUT2D eigenvalue weighted by atomic mass is 10.1. The SMILES string of the molecule is COc1ccc2c(OC)cc(-c3ccccc3OC)nc2c1. The first-order chi connectivity index (χ1) is 10.8. The molecule has 4 nitrogen and oxygen atoms in total. The van der Waals surface area contributed by atoms with Crippen LogP contribution in [0.3, 0.4) is 0 Å². The Morgan fingerprint density at radius 1 is 0.773 bits per heavy atom. The molecular weight excluding hydrogens is 278 g/mol. The minimum Gasteiger partial charge on any atom is -0.497 e. The number of fused-ring (bicyclic) bond motifs is 1.